The van der Waals surface area contributed by atoms with E-state index < -0.39 is 0 Å². The van der Waals surface area contributed by atoms with E-state index in [9.17, 15) is 4.39 Å². The van der Waals surface area contributed by atoms with Crippen LogP contribution in [0.3, 0.4) is 0 Å². The molecule has 1 nitrogen and oxygen atoms in total. The first-order valence-electron chi connectivity index (χ1n) is 5.44. The second kappa shape index (κ2) is 4.99. The van der Waals surface area contributed by atoms with Gasteiger partial charge in [-0.2, -0.15) is 0 Å². The van der Waals surface area contributed by atoms with Crippen molar-refractivity contribution in [2.45, 2.75) is 41.9 Å². The highest BCUT2D eigenvalue weighted by atomic mass is 32.2. The van der Waals surface area contributed by atoms with Crippen molar-refractivity contribution in [3.8, 4) is 0 Å². The van der Waals surface area contributed by atoms with Crippen molar-refractivity contribution >= 4 is 11.8 Å². The van der Waals surface area contributed by atoms with Gasteiger partial charge >= 0.3 is 0 Å². The lowest BCUT2D eigenvalue weighted by Crippen LogP contribution is -2.35. The third-order valence-electron chi connectivity index (χ3n) is 2.87. The van der Waals surface area contributed by atoms with E-state index in [0.29, 0.717) is 5.25 Å². The lowest BCUT2D eigenvalue weighted by molar-refractivity contribution is 0.453. The lowest BCUT2D eigenvalue weighted by atomic mass is 9.96. The monoisotopic (exact) mass is 225 g/mol. The fraction of sp³-hybridized carbons (Fsp3) is 0.500. The largest absolute Gasteiger partial charge is 0.327 e. The van der Waals surface area contributed by atoms with Crippen LogP contribution in [0.15, 0.2) is 29.2 Å². The highest BCUT2D eigenvalue weighted by Gasteiger charge is 2.23. The first-order valence-corrected chi connectivity index (χ1v) is 6.32. The summed E-state index contributed by atoms with van der Waals surface area (Å²) < 4.78 is 13.4. The van der Waals surface area contributed by atoms with Gasteiger partial charge in [0.25, 0.3) is 0 Å². The van der Waals surface area contributed by atoms with Gasteiger partial charge in [-0.05, 0) is 25.0 Å². The standard InChI is InChI=1S/C12H16FNS/c13-9-5-1-3-7-11(9)15-12-8-4-2-6-10(12)14/h1,3,5,7,10,12H,2,4,6,8,14H2. The van der Waals surface area contributed by atoms with Crippen LogP contribution in [0.4, 0.5) is 4.39 Å². The highest BCUT2D eigenvalue weighted by molar-refractivity contribution is 8.00. The smallest absolute Gasteiger partial charge is 0.136 e. The molecule has 15 heavy (non-hydrogen) atoms. The summed E-state index contributed by atoms with van der Waals surface area (Å²) in [5.74, 6) is -0.125. The molecule has 1 saturated carbocycles. The molecule has 2 atom stereocenters. The first-order chi connectivity index (χ1) is 7.27. The third-order valence-corrected chi connectivity index (χ3v) is 4.34. The van der Waals surface area contributed by atoms with Gasteiger partial charge in [0.05, 0.1) is 0 Å². The number of thioether (sulfide) groups is 1. The Hall–Kier alpha value is -0.540. The van der Waals surface area contributed by atoms with Gasteiger partial charge in [0.1, 0.15) is 5.82 Å². The van der Waals surface area contributed by atoms with Gasteiger partial charge in [-0.15, -0.1) is 11.8 Å². The molecule has 0 amide bonds. The Labute approximate surface area is 94.2 Å². The van der Waals surface area contributed by atoms with E-state index in [1.165, 1.54) is 18.9 Å². The quantitative estimate of drug-likeness (QED) is 0.836. The van der Waals surface area contributed by atoms with Crippen LogP contribution in [0.5, 0.6) is 0 Å². The average Bonchev–Trinajstić information content (AvgIpc) is 2.24. The summed E-state index contributed by atoms with van der Waals surface area (Å²) in [6, 6.07) is 7.17. The maximum atomic E-state index is 13.4. The number of hydrogen-bond acceptors (Lipinski definition) is 2. The molecule has 0 heterocycles. The minimum Gasteiger partial charge on any atom is -0.327 e. The molecule has 2 unspecified atom stereocenters. The second-order valence-corrected chi connectivity index (χ2v) is 5.32. The summed E-state index contributed by atoms with van der Waals surface area (Å²) in [5, 5.41) is 0.385. The van der Waals surface area contributed by atoms with Crippen molar-refractivity contribution in [3.63, 3.8) is 0 Å². The first kappa shape index (κ1) is 11.0. The van der Waals surface area contributed by atoms with Crippen LogP contribution in [0.1, 0.15) is 25.7 Å². The molecule has 82 valence electrons. The van der Waals surface area contributed by atoms with Crippen molar-refractivity contribution in [2.24, 2.45) is 5.73 Å². The Balaban J connectivity index is 2.04. The fourth-order valence-electron chi connectivity index (χ4n) is 1.98. The molecular weight excluding hydrogens is 209 g/mol. The summed E-state index contributed by atoms with van der Waals surface area (Å²) in [6.45, 7) is 0. The van der Waals surface area contributed by atoms with Crippen LogP contribution in [0.2, 0.25) is 0 Å². The van der Waals surface area contributed by atoms with E-state index in [4.69, 9.17) is 5.73 Å². The molecule has 0 saturated heterocycles. The fourth-order valence-corrected chi connectivity index (χ4v) is 3.23. The summed E-state index contributed by atoms with van der Waals surface area (Å²) in [6.07, 6.45) is 4.63. The Morgan fingerprint density at radius 3 is 2.67 bits per heavy atom. The molecule has 0 aliphatic heterocycles. The van der Waals surface area contributed by atoms with Crippen LogP contribution in [-0.4, -0.2) is 11.3 Å². The molecule has 3 heteroatoms. The molecule has 1 aliphatic rings. The number of halogens is 1. The average molecular weight is 225 g/mol. The molecule has 0 bridgehead atoms. The molecule has 1 aliphatic carbocycles. The van der Waals surface area contributed by atoms with E-state index in [1.54, 1.807) is 17.8 Å². The highest BCUT2D eigenvalue weighted by Crippen LogP contribution is 2.34. The van der Waals surface area contributed by atoms with Gasteiger partial charge in [0.15, 0.2) is 0 Å². The van der Waals surface area contributed by atoms with Crippen molar-refractivity contribution in [3.05, 3.63) is 30.1 Å². The van der Waals surface area contributed by atoms with E-state index in [0.717, 1.165) is 17.7 Å². The number of rotatable bonds is 2. The maximum Gasteiger partial charge on any atom is 0.136 e. The predicted molar refractivity (Wildman–Crippen MR) is 62.5 cm³/mol. The summed E-state index contributed by atoms with van der Waals surface area (Å²) in [5.41, 5.74) is 6.03. The van der Waals surface area contributed by atoms with E-state index >= 15 is 0 Å². The zero-order valence-electron chi connectivity index (χ0n) is 8.66. The molecule has 1 fully saturated rings. The van der Waals surface area contributed by atoms with Gasteiger partial charge in [0.2, 0.25) is 0 Å². The van der Waals surface area contributed by atoms with Gasteiger partial charge in [-0.3, -0.25) is 0 Å². The number of nitrogens with two attached hydrogens (primary N) is 1. The topological polar surface area (TPSA) is 26.0 Å². The van der Waals surface area contributed by atoms with Crippen LogP contribution < -0.4 is 5.73 Å². The lowest BCUT2D eigenvalue weighted by Gasteiger charge is -2.27. The van der Waals surface area contributed by atoms with Gasteiger partial charge in [-0.1, -0.05) is 25.0 Å². The van der Waals surface area contributed by atoms with Crippen molar-refractivity contribution in [1.82, 2.24) is 0 Å². The Morgan fingerprint density at radius 2 is 1.93 bits per heavy atom. The predicted octanol–water partition coefficient (Wildman–Crippen LogP) is 3.19. The van der Waals surface area contributed by atoms with E-state index in [1.807, 2.05) is 12.1 Å². The molecule has 2 N–H and O–H groups in total. The summed E-state index contributed by atoms with van der Waals surface area (Å²) in [7, 11) is 0. The van der Waals surface area contributed by atoms with Crippen molar-refractivity contribution in [1.29, 1.82) is 0 Å². The normalized spacial score (nSPS) is 26.5. The van der Waals surface area contributed by atoms with Crippen LogP contribution in [0, 0.1) is 5.82 Å². The zero-order chi connectivity index (χ0) is 10.7. The molecular formula is C12H16FNS. The summed E-state index contributed by atoms with van der Waals surface area (Å²) in [4.78, 5) is 0.736. The second-order valence-electron chi connectivity index (χ2n) is 4.04. The molecule has 0 spiro atoms. The molecule has 1 aromatic rings. The number of benzene rings is 1. The SMILES string of the molecule is NC1CCCCC1Sc1ccccc1F. The molecule has 2 rings (SSSR count). The molecule has 0 radical (unpaired) electrons. The van der Waals surface area contributed by atoms with Gasteiger partial charge in [0, 0.05) is 16.2 Å². The minimum atomic E-state index is -0.125. The van der Waals surface area contributed by atoms with Crippen LogP contribution >= 0.6 is 11.8 Å². The van der Waals surface area contributed by atoms with Crippen LogP contribution in [-0.2, 0) is 0 Å². The third kappa shape index (κ3) is 2.73. The van der Waals surface area contributed by atoms with Crippen molar-refractivity contribution in [2.75, 3.05) is 0 Å². The Kier molecular flexibility index (Phi) is 3.65. The van der Waals surface area contributed by atoms with Gasteiger partial charge < -0.3 is 5.73 Å². The Morgan fingerprint density at radius 1 is 1.20 bits per heavy atom. The van der Waals surface area contributed by atoms with E-state index in [2.05, 4.69) is 0 Å². The maximum absolute atomic E-state index is 13.4. The Bertz CT molecular complexity index is 329. The summed E-state index contributed by atoms with van der Waals surface area (Å²) >= 11 is 1.60. The van der Waals surface area contributed by atoms with E-state index in [-0.39, 0.29) is 11.9 Å². The molecule has 0 aromatic heterocycles. The van der Waals surface area contributed by atoms with Crippen LogP contribution in [0.25, 0.3) is 0 Å². The zero-order valence-corrected chi connectivity index (χ0v) is 9.47. The number of hydrogen-bond donors (Lipinski definition) is 1. The van der Waals surface area contributed by atoms with Crippen molar-refractivity contribution < 1.29 is 4.39 Å². The molecule has 1 aromatic carbocycles. The minimum absolute atomic E-state index is 0.125. The van der Waals surface area contributed by atoms with Gasteiger partial charge in [-0.25, -0.2) is 4.39 Å².